The number of hydrogen-bond acceptors (Lipinski definition) is 6. The fourth-order valence-electron chi connectivity index (χ4n) is 5.30. The van der Waals surface area contributed by atoms with Crippen LogP contribution in [0, 0.1) is 16.7 Å². The molecule has 1 aliphatic heterocycles. The molecular formula is C29H30F3N3O3. The van der Waals surface area contributed by atoms with Gasteiger partial charge in [-0.1, -0.05) is 26.0 Å². The monoisotopic (exact) mass is 525 g/mol. The van der Waals surface area contributed by atoms with Gasteiger partial charge >= 0.3 is 6.18 Å². The molecule has 2 aromatic carbocycles. The maximum Gasteiger partial charge on any atom is 0.418 e. The van der Waals surface area contributed by atoms with Gasteiger partial charge in [0, 0.05) is 23.3 Å². The number of alkyl halides is 3. The molecule has 0 aromatic heterocycles. The van der Waals surface area contributed by atoms with Crippen molar-refractivity contribution < 1.29 is 27.4 Å². The fourth-order valence-corrected chi connectivity index (χ4v) is 5.30. The van der Waals surface area contributed by atoms with E-state index in [1.54, 1.807) is 18.2 Å². The van der Waals surface area contributed by atoms with Crippen LogP contribution in [0.25, 0.3) is 0 Å². The van der Waals surface area contributed by atoms with E-state index in [-0.39, 0.29) is 41.3 Å². The van der Waals surface area contributed by atoms with Gasteiger partial charge in [-0.25, -0.2) is 0 Å². The van der Waals surface area contributed by atoms with Crippen LogP contribution in [0.5, 0.6) is 11.5 Å². The highest BCUT2D eigenvalue weighted by Gasteiger charge is 2.47. The predicted molar refractivity (Wildman–Crippen MR) is 137 cm³/mol. The van der Waals surface area contributed by atoms with E-state index in [0.717, 1.165) is 6.07 Å². The molecule has 2 N–H and O–H groups in total. The van der Waals surface area contributed by atoms with Crippen LogP contribution in [-0.2, 0) is 11.0 Å². The van der Waals surface area contributed by atoms with Gasteiger partial charge in [-0.2, -0.15) is 18.4 Å². The summed E-state index contributed by atoms with van der Waals surface area (Å²) in [6.07, 6.45) is -4.22. The standard InChI is InChI=1S/C29H30F3N3O3/c1-5-37-17-11-12-24(38-6-2)18(13-17)25-19(16-33)27(34)35(21-10-8-7-9-20(21)29(30,31)32)22-14-28(3,4)15-23(36)26(22)25/h7-13,25H,5-6,14-15,34H2,1-4H3. The van der Waals surface area contributed by atoms with Crippen molar-refractivity contribution in [3.8, 4) is 17.6 Å². The number of carbonyl (C=O) groups is 1. The van der Waals surface area contributed by atoms with Crippen LogP contribution in [0.4, 0.5) is 18.9 Å². The molecule has 2 aromatic rings. The third kappa shape index (κ3) is 4.83. The van der Waals surface area contributed by atoms with Crippen LogP contribution < -0.4 is 20.1 Å². The number of para-hydroxylation sites is 1. The number of halogens is 3. The van der Waals surface area contributed by atoms with E-state index in [1.165, 1.54) is 23.1 Å². The van der Waals surface area contributed by atoms with Gasteiger partial charge in [0.05, 0.1) is 42.0 Å². The summed E-state index contributed by atoms with van der Waals surface area (Å²) in [5.41, 5.74) is 5.98. The van der Waals surface area contributed by atoms with Gasteiger partial charge in [-0.05, 0) is 56.0 Å². The first-order chi connectivity index (χ1) is 17.9. The molecule has 2 aliphatic rings. The molecule has 0 saturated carbocycles. The van der Waals surface area contributed by atoms with Gasteiger partial charge in [-0.3, -0.25) is 9.69 Å². The Morgan fingerprint density at radius 2 is 1.79 bits per heavy atom. The zero-order valence-corrected chi connectivity index (χ0v) is 21.8. The molecule has 0 bridgehead atoms. The lowest BCUT2D eigenvalue weighted by Gasteiger charge is -2.44. The molecule has 0 amide bonds. The first-order valence-electron chi connectivity index (χ1n) is 12.4. The Hall–Kier alpha value is -3.93. The van der Waals surface area contributed by atoms with Crippen LogP contribution >= 0.6 is 0 Å². The largest absolute Gasteiger partial charge is 0.494 e. The number of hydrogen-bond donors (Lipinski definition) is 1. The van der Waals surface area contributed by atoms with Crippen molar-refractivity contribution in [1.82, 2.24) is 0 Å². The number of ether oxygens (including phenoxy) is 2. The Bertz CT molecular complexity index is 1370. The summed E-state index contributed by atoms with van der Waals surface area (Å²) < 4.78 is 53.8. The molecule has 1 heterocycles. The summed E-state index contributed by atoms with van der Waals surface area (Å²) in [5, 5.41) is 10.3. The van der Waals surface area contributed by atoms with Crippen LogP contribution in [0.1, 0.15) is 57.6 Å². The maximum atomic E-state index is 14.1. The molecule has 6 nitrogen and oxygen atoms in total. The number of benzene rings is 2. The van der Waals surface area contributed by atoms with Gasteiger partial charge < -0.3 is 15.2 Å². The lowest BCUT2D eigenvalue weighted by Crippen LogP contribution is -2.42. The minimum Gasteiger partial charge on any atom is -0.494 e. The first kappa shape index (κ1) is 27.1. The lowest BCUT2D eigenvalue weighted by molar-refractivity contribution is -0.137. The van der Waals surface area contributed by atoms with Crippen molar-refractivity contribution >= 4 is 11.5 Å². The van der Waals surface area contributed by atoms with Gasteiger partial charge in [0.1, 0.15) is 17.3 Å². The van der Waals surface area contributed by atoms with E-state index in [0.29, 0.717) is 36.0 Å². The SMILES string of the molecule is CCOc1ccc(OCC)c(C2C(C#N)=C(N)N(c3ccccc3C(F)(F)F)C3=C2C(=O)CC(C)(C)C3)c1. The van der Waals surface area contributed by atoms with Crippen molar-refractivity contribution in [3.63, 3.8) is 0 Å². The molecule has 0 radical (unpaired) electrons. The zero-order chi connectivity index (χ0) is 27.8. The predicted octanol–water partition coefficient (Wildman–Crippen LogP) is 6.44. The Balaban J connectivity index is 2.06. The second kappa shape index (κ2) is 10.1. The molecule has 1 atom stereocenters. The summed E-state index contributed by atoms with van der Waals surface area (Å²) in [6, 6.07) is 12.3. The highest BCUT2D eigenvalue weighted by Crippen LogP contribution is 2.53. The van der Waals surface area contributed by atoms with Gasteiger partial charge in [0.2, 0.25) is 0 Å². The normalized spacial score (nSPS) is 19.3. The second-order valence-electron chi connectivity index (χ2n) is 10.1. The Labute approximate surface area is 220 Å². The van der Waals surface area contributed by atoms with E-state index in [4.69, 9.17) is 15.2 Å². The average molecular weight is 526 g/mol. The highest BCUT2D eigenvalue weighted by atomic mass is 19.4. The number of ketones is 1. The zero-order valence-electron chi connectivity index (χ0n) is 21.8. The quantitative estimate of drug-likeness (QED) is 0.467. The molecule has 200 valence electrons. The number of nitrogens with two attached hydrogens (primary N) is 1. The van der Waals surface area contributed by atoms with Crippen molar-refractivity contribution in [2.45, 2.75) is 52.6 Å². The number of carbonyl (C=O) groups excluding carboxylic acids is 1. The molecule has 0 spiro atoms. The number of nitriles is 1. The number of Topliss-reactive ketones (excluding diaryl/α,β-unsaturated/α-hetero) is 1. The van der Waals surface area contributed by atoms with E-state index in [2.05, 4.69) is 6.07 Å². The molecular weight excluding hydrogens is 495 g/mol. The number of anilines is 1. The molecule has 0 fully saturated rings. The topological polar surface area (TPSA) is 88.6 Å². The molecule has 1 aliphatic carbocycles. The summed E-state index contributed by atoms with van der Waals surface area (Å²) in [7, 11) is 0. The van der Waals surface area contributed by atoms with E-state index < -0.39 is 23.1 Å². The molecule has 9 heteroatoms. The average Bonchev–Trinajstić information content (AvgIpc) is 2.83. The third-order valence-electron chi connectivity index (χ3n) is 6.73. The van der Waals surface area contributed by atoms with E-state index in [9.17, 15) is 23.2 Å². The minimum atomic E-state index is -4.68. The smallest absolute Gasteiger partial charge is 0.418 e. The van der Waals surface area contributed by atoms with Crippen molar-refractivity contribution in [2.75, 3.05) is 18.1 Å². The van der Waals surface area contributed by atoms with Crippen LogP contribution in [0.2, 0.25) is 0 Å². The summed E-state index contributed by atoms with van der Waals surface area (Å²) in [6.45, 7) is 8.14. The van der Waals surface area contributed by atoms with Crippen LogP contribution in [-0.4, -0.2) is 19.0 Å². The van der Waals surface area contributed by atoms with Gasteiger partial charge in [0.25, 0.3) is 0 Å². The molecule has 4 rings (SSSR count). The first-order valence-corrected chi connectivity index (χ1v) is 12.4. The van der Waals surface area contributed by atoms with Crippen molar-refractivity contribution in [3.05, 3.63) is 76.3 Å². The summed E-state index contributed by atoms with van der Waals surface area (Å²) >= 11 is 0. The van der Waals surface area contributed by atoms with Gasteiger partial charge in [-0.15, -0.1) is 0 Å². The summed E-state index contributed by atoms with van der Waals surface area (Å²) in [4.78, 5) is 15.0. The van der Waals surface area contributed by atoms with E-state index >= 15 is 0 Å². The van der Waals surface area contributed by atoms with E-state index in [1.807, 2.05) is 27.7 Å². The summed E-state index contributed by atoms with van der Waals surface area (Å²) in [5.74, 6) is -0.370. The number of rotatable bonds is 6. The maximum absolute atomic E-state index is 14.1. The number of nitrogens with zero attached hydrogens (tertiary/aromatic N) is 2. The fraction of sp³-hybridized carbons (Fsp3) is 0.379. The minimum absolute atomic E-state index is 0.0246. The Kier molecular flexibility index (Phi) is 7.20. The second-order valence-corrected chi connectivity index (χ2v) is 10.1. The van der Waals surface area contributed by atoms with Crippen molar-refractivity contribution in [1.29, 1.82) is 5.26 Å². The van der Waals surface area contributed by atoms with Crippen molar-refractivity contribution in [2.24, 2.45) is 11.1 Å². The highest BCUT2D eigenvalue weighted by molar-refractivity contribution is 6.02. The molecule has 1 unspecified atom stereocenters. The Morgan fingerprint density at radius 3 is 2.42 bits per heavy atom. The molecule has 0 saturated heterocycles. The third-order valence-corrected chi connectivity index (χ3v) is 6.73. The Morgan fingerprint density at radius 1 is 1.11 bits per heavy atom. The lowest BCUT2D eigenvalue weighted by atomic mass is 9.68. The van der Waals surface area contributed by atoms with Crippen LogP contribution in [0.3, 0.4) is 0 Å². The number of allylic oxidation sites excluding steroid dienone is 3. The molecule has 38 heavy (non-hydrogen) atoms. The van der Waals surface area contributed by atoms with Crippen LogP contribution in [0.15, 0.2) is 65.1 Å². The van der Waals surface area contributed by atoms with Gasteiger partial charge in [0.15, 0.2) is 5.78 Å².